The van der Waals surface area contributed by atoms with Crippen LogP contribution in [0.15, 0.2) is 24.3 Å². The molecule has 0 aliphatic heterocycles. The highest BCUT2D eigenvalue weighted by molar-refractivity contribution is 6.30. The maximum Gasteiger partial charge on any atom is 0.316 e. The number of hydrogen-bond donors (Lipinski definition) is 4. The number of carbonyl (C=O) groups is 3. The van der Waals surface area contributed by atoms with Crippen LogP contribution in [-0.2, 0) is 16.0 Å². The van der Waals surface area contributed by atoms with Crippen molar-refractivity contribution in [3.63, 3.8) is 0 Å². The first-order chi connectivity index (χ1) is 9.79. The van der Waals surface area contributed by atoms with Gasteiger partial charge in [-0.15, -0.1) is 0 Å². The molecule has 0 fully saturated rings. The Labute approximate surface area is 127 Å². The largest absolute Gasteiger partial charge is 0.367 e. The first kappa shape index (κ1) is 16.8. The molecular weight excluding hydrogens is 296 g/mol. The van der Waals surface area contributed by atoms with Gasteiger partial charge in [-0.3, -0.25) is 9.59 Å². The summed E-state index contributed by atoms with van der Waals surface area (Å²) < 4.78 is 0. The minimum atomic E-state index is -1.53. The molecule has 0 spiro atoms. The van der Waals surface area contributed by atoms with Crippen LogP contribution >= 0.6 is 11.6 Å². The fraction of sp³-hybridized carbons (Fsp3) is 0.308. The van der Waals surface area contributed by atoms with E-state index in [0.717, 1.165) is 5.56 Å². The van der Waals surface area contributed by atoms with E-state index in [2.05, 4.69) is 10.6 Å². The molecule has 1 aromatic carbocycles. The SMILES string of the molecule is CC(Cc1ccc(Cl)cc1)NC(=O)NC(C(N)=O)C(N)=O. The van der Waals surface area contributed by atoms with E-state index >= 15 is 0 Å². The number of halogens is 1. The standard InChI is InChI=1S/C13H17ClN4O3/c1-7(6-8-2-4-9(14)5-3-8)17-13(21)18-10(11(15)19)12(16)20/h2-5,7,10H,6H2,1H3,(H2,15,19)(H2,16,20)(H2,17,18,21). The lowest BCUT2D eigenvalue weighted by atomic mass is 10.1. The van der Waals surface area contributed by atoms with Crippen molar-refractivity contribution in [1.82, 2.24) is 10.6 Å². The van der Waals surface area contributed by atoms with Crippen LogP contribution in [0, 0.1) is 0 Å². The molecule has 0 aliphatic rings. The van der Waals surface area contributed by atoms with Gasteiger partial charge < -0.3 is 22.1 Å². The van der Waals surface area contributed by atoms with Gasteiger partial charge in [0.2, 0.25) is 11.8 Å². The van der Waals surface area contributed by atoms with Crippen molar-refractivity contribution in [2.45, 2.75) is 25.4 Å². The Hall–Kier alpha value is -2.28. The molecule has 0 aliphatic carbocycles. The number of amides is 4. The molecule has 0 heterocycles. The van der Waals surface area contributed by atoms with Crippen molar-refractivity contribution in [3.8, 4) is 0 Å². The van der Waals surface area contributed by atoms with Crippen molar-refractivity contribution >= 4 is 29.4 Å². The first-order valence-electron chi connectivity index (χ1n) is 6.19. The Balaban J connectivity index is 2.52. The van der Waals surface area contributed by atoms with Crippen LogP contribution in [0.25, 0.3) is 0 Å². The van der Waals surface area contributed by atoms with Gasteiger partial charge in [-0.1, -0.05) is 23.7 Å². The maximum atomic E-state index is 11.7. The molecule has 1 atom stereocenters. The number of benzene rings is 1. The molecule has 1 rings (SSSR count). The zero-order valence-electron chi connectivity index (χ0n) is 11.4. The minimum absolute atomic E-state index is 0.229. The maximum absolute atomic E-state index is 11.7. The molecule has 1 unspecified atom stereocenters. The highest BCUT2D eigenvalue weighted by atomic mass is 35.5. The van der Waals surface area contributed by atoms with E-state index in [1.54, 1.807) is 19.1 Å². The molecule has 6 N–H and O–H groups in total. The van der Waals surface area contributed by atoms with Crippen LogP contribution in [0.1, 0.15) is 12.5 Å². The summed E-state index contributed by atoms with van der Waals surface area (Å²) in [6.07, 6.45) is 0.558. The van der Waals surface area contributed by atoms with Gasteiger partial charge in [0.15, 0.2) is 6.04 Å². The molecule has 0 aromatic heterocycles. The number of carbonyl (C=O) groups excluding carboxylic acids is 3. The molecule has 0 radical (unpaired) electrons. The number of primary amides is 2. The minimum Gasteiger partial charge on any atom is -0.367 e. The Morgan fingerprint density at radius 1 is 1.10 bits per heavy atom. The van der Waals surface area contributed by atoms with Gasteiger partial charge >= 0.3 is 6.03 Å². The summed E-state index contributed by atoms with van der Waals surface area (Å²) >= 11 is 5.78. The summed E-state index contributed by atoms with van der Waals surface area (Å²) in [5.74, 6) is -2.02. The number of rotatable bonds is 6. The second-order valence-corrected chi connectivity index (χ2v) is 5.02. The summed E-state index contributed by atoms with van der Waals surface area (Å²) in [5, 5.41) is 5.33. The van der Waals surface area contributed by atoms with E-state index in [-0.39, 0.29) is 6.04 Å². The van der Waals surface area contributed by atoms with Crippen molar-refractivity contribution in [2.75, 3.05) is 0 Å². The predicted octanol–water partition coefficient (Wildman–Crippen LogP) is -0.0906. The molecular formula is C13H17ClN4O3. The fourth-order valence-corrected chi connectivity index (χ4v) is 1.83. The third-order valence-electron chi connectivity index (χ3n) is 2.68. The van der Waals surface area contributed by atoms with Crippen molar-refractivity contribution in [3.05, 3.63) is 34.9 Å². The van der Waals surface area contributed by atoms with Gasteiger partial charge in [0, 0.05) is 11.1 Å². The second kappa shape index (κ2) is 7.49. The lowest BCUT2D eigenvalue weighted by molar-refractivity contribution is -0.128. The van der Waals surface area contributed by atoms with Crippen molar-refractivity contribution in [2.24, 2.45) is 11.5 Å². The van der Waals surface area contributed by atoms with Crippen molar-refractivity contribution < 1.29 is 14.4 Å². The van der Waals surface area contributed by atoms with Crippen LogP contribution in [0.4, 0.5) is 4.79 Å². The lowest BCUT2D eigenvalue weighted by Gasteiger charge is -2.17. The lowest BCUT2D eigenvalue weighted by Crippen LogP contribution is -2.56. The monoisotopic (exact) mass is 312 g/mol. The molecule has 8 heteroatoms. The number of hydrogen-bond acceptors (Lipinski definition) is 3. The Kier molecular flexibility index (Phi) is 5.98. The topological polar surface area (TPSA) is 127 Å². The Bertz CT molecular complexity index is 519. The van der Waals surface area contributed by atoms with Gasteiger partial charge in [0.1, 0.15) is 0 Å². The first-order valence-corrected chi connectivity index (χ1v) is 6.57. The van der Waals surface area contributed by atoms with Gasteiger partial charge in [-0.05, 0) is 31.0 Å². The van der Waals surface area contributed by atoms with Gasteiger partial charge in [0.25, 0.3) is 0 Å². The Morgan fingerprint density at radius 3 is 2.10 bits per heavy atom. The highest BCUT2D eigenvalue weighted by Gasteiger charge is 2.24. The number of nitrogens with one attached hydrogen (secondary N) is 2. The van der Waals surface area contributed by atoms with E-state index in [1.807, 2.05) is 12.1 Å². The predicted molar refractivity (Wildman–Crippen MR) is 78.5 cm³/mol. The molecule has 4 amide bonds. The molecule has 0 saturated heterocycles. The van der Waals surface area contributed by atoms with Gasteiger partial charge in [-0.25, -0.2) is 4.79 Å². The van der Waals surface area contributed by atoms with Crippen LogP contribution < -0.4 is 22.1 Å². The van der Waals surface area contributed by atoms with E-state index in [0.29, 0.717) is 11.4 Å². The van der Waals surface area contributed by atoms with Crippen LogP contribution in [-0.4, -0.2) is 29.9 Å². The Morgan fingerprint density at radius 2 is 1.62 bits per heavy atom. The fourth-order valence-electron chi connectivity index (χ4n) is 1.70. The molecule has 0 saturated carbocycles. The summed E-state index contributed by atoms with van der Waals surface area (Å²) in [7, 11) is 0. The van der Waals surface area contributed by atoms with Gasteiger partial charge in [-0.2, -0.15) is 0 Å². The molecule has 7 nitrogen and oxygen atoms in total. The number of urea groups is 1. The zero-order chi connectivity index (χ0) is 16.0. The van der Waals surface area contributed by atoms with E-state index in [4.69, 9.17) is 23.1 Å². The quantitative estimate of drug-likeness (QED) is 0.548. The third kappa shape index (κ3) is 5.70. The molecule has 1 aromatic rings. The van der Waals surface area contributed by atoms with E-state index in [9.17, 15) is 14.4 Å². The van der Waals surface area contributed by atoms with E-state index in [1.165, 1.54) is 0 Å². The van der Waals surface area contributed by atoms with Crippen LogP contribution in [0.2, 0.25) is 5.02 Å². The van der Waals surface area contributed by atoms with E-state index < -0.39 is 23.9 Å². The summed E-state index contributed by atoms with van der Waals surface area (Å²) in [5.41, 5.74) is 10.9. The average molecular weight is 313 g/mol. The molecule has 0 bridgehead atoms. The van der Waals surface area contributed by atoms with Crippen molar-refractivity contribution in [1.29, 1.82) is 0 Å². The number of nitrogens with two attached hydrogens (primary N) is 2. The summed E-state index contributed by atoms with van der Waals surface area (Å²) in [6.45, 7) is 1.78. The zero-order valence-corrected chi connectivity index (χ0v) is 12.2. The van der Waals surface area contributed by atoms with Gasteiger partial charge in [0.05, 0.1) is 0 Å². The second-order valence-electron chi connectivity index (χ2n) is 4.59. The normalized spacial score (nSPS) is 11.8. The van der Waals surface area contributed by atoms with Crippen LogP contribution in [0.5, 0.6) is 0 Å². The van der Waals surface area contributed by atoms with Crippen LogP contribution in [0.3, 0.4) is 0 Å². The highest BCUT2D eigenvalue weighted by Crippen LogP contribution is 2.10. The third-order valence-corrected chi connectivity index (χ3v) is 2.93. The molecule has 114 valence electrons. The summed E-state index contributed by atoms with van der Waals surface area (Å²) in [4.78, 5) is 33.6. The smallest absolute Gasteiger partial charge is 0.316 e. The molecule has 21 heavy (non-hydrogen) atoms. The average Bonchev–Trinajstić information content (AvgIpc) is 2.38. The summed E-state index contributed by atoms with van der Waals surface area (Å²) in [6, 6.07) is 4.72.